The molecule has 0 bridgehead atoms. The van der Waals surface area contributed by atoms with Crippen LogP contribution < -0.4 is 29.3 Å². The third kappa shape index (κ3) is 5.87. The zero-order valence-corrected chi connectivity index (χ0v) is 24.4. The highest BCUT2D eigenvalue weighted by atomic mass is 32.1. The van der Waals surface area contributed by atoms with Gasteiger partial charge in [-0.3, -0.25) is 19.5 Å². The highest BCUT2D eigenvalue weighted by molar-refractivity contribution is 7.07. The second-order valence-corrected chi connectivity index (χ2v) is 9.93. The van der Waals surface area contributed by atoms with E-state index in [1.165, 1.54) is 30.0 Å². The van der Waals surface area contributed by atoms with Crippen molar-refractivity contribution in [3.8, 4) is 11.5 Å². The van der Waals surface area contributed by atoms with Gasteiger partial charge in [0, 0.05) is 42.7 Å². The molecular formula is C29H32N4O7S. The molecule has 2 heterocycles. The molecule has 3 aromatic rings. The molecule has 12 heteroatoms. The van der Waals surface area contributed by atoms with Crippen LogP contribution in [0, 0.1) is 10.1 Å². The average molecular weight is 581 g/mol. The van der Waals surface area contributed by atoms with E-state index in [-0.39, 0.29) is 11.3 Å². The number of fused-ring (bicyclic) bond motifs is 1. The van der Waals surface area contributed by atoms with E-state index in [0.717, 1.165) is 17.0 Å². The fraction of sp³-hybridized carbons (Fsp3) is 0.345. The lowest BCUT2D eigenvalue weighted by Crippen LogP contribution is -2.39. The van der Waals surface area contributed by atoms with Crippen molar-refractivity contribution in [3.05, 3.63) is 89.1 Å². The van der Waals surface area contributed by atoms with Crippen LogP contribution in [0.3, 0.4) is 0 Å². The minimum absolute atomic E-state index is 0.0800. The van der Waals surface area contributed by atoms with Crippen LogP contribution in [-0.2, 0) is 9.53 Å². The first-order chi connectivity index (χ1) is 19.8. The third-order valence-electron chi connectivity index (χ3n) is 6.62. The van der Waals surface area contributed by atoms with Crippen molar-refractivity contribution in [1.82, 2.24) is 4.57 Å². The Kier molecular flexibility index (Phi) is 9.23. The van der Waals surface area contributed by atoms with Gasteiger partial charge in [-0.1, -0.05) is 17.4 Å². The fourth-order valence-electron chi connectivity index (χ4n) is 4.75. The molecule has 2 aromatic carbocycles. The maximum atomic E-state index is 14.0. The molecule has 0 spiro atoms. The number of ether oxygens (including phenoxy) is 3. The van der Waals surface area contributed by atoms with Gasteiger partial charge in [-0.25, -0.2) is 9.79 Å². The SMILES string of the molecule is CCOc1ccc([C@@H]2C(C(=O)OC)=CN=c3s/c(=C\c4cc([N+](=O)[O-])ccc4N(CC)CC)c(=O)n32)cc1OCC. The molecule has 0 radical (unpaired) electrons. The summed E-state index contributed by atoms with van der Waals surface area (Å²) < 4.78 is 18.3. The molecule has 0 saturated carbocycles. The summed E-state index contributed by atoms with van der Waals surface area (Å²) in [7, 11) is 1.27. The van der Waals surface area contributed by atoms with Crippen molar-refractivity contribution in [2.24, 2.45) is 4.99 Å². The van der Waals surface area contributed by atoms with Crippen LogP contribution in [0.15, 0.2) is 58.0 Å². The lowest BCUT2D eigenvalue weighted by Gasteiger charge is -2.23. The number of nitrogens with zero attached hydrogens (tertiary/aromatic N) is 4. The number of thiazole rings is 1. The Labute approximate surface area is 240 Å². The summed E-state index contributed by atoms with van der Waals surface area (Å²) in [5.74, 6) is 0.404. The highest BCUT2D eigenvalue weighted by Crippen LogP contribution is 2.35. The Hall–Kier alpha value is -4.45. The predicted octanol–water partition coefficient (Wildman–Crippen LogP) is 3.57. The van der Waals surface area contributed by atoms with Crippen LogP contribution >= 0.6 is 11.3 Å². The smallest absolute Gasteiger partial charge is 0.337 e. The van der Waals surface area contributed by atoms with E-state index in [0.29, 0.717) is 58.3 Å². The molecule has 0 unspecified atom stereocenters. The first-order valence-corrected chi connectivity index (χ1v) is 14.1. The highest BCUT2D eigenvalue weighted by Gasteiger charge is 2.31. The van der Waals surface area contributed by atoms with Crippen molar-refractivity contribution in [1.29, 1.82) is 0 Å². The Balaban J connectivity index is 1.95. The van der Waals surface area contributed by atoms with Crippen LogP contribution in [0.4, 0.5) is 11.4 Å². The Morgan fingerprint density at radius 2 is 1.80 bits per heavy atom. The van der Waals surface area contributed by atoms with Gasteiger partial charge in [0.15, 0.2) is 16.3 Å². The van der Waals surface area contributed by atoms with E-state index < -0.39 is 22.5 Å². The van der Waals surface area contributed by atoms with Crippen LogP contribution in [0.25, 0.3) is 6.08 Å². The van der Waals surface area contributed by atoms with E-state index in [4.69, 9.17) is 14.2 Å². The predicted molar refractivity (Wildman–Crippen MR) is 157 cm³/mol. The Bertz CT molecular complexity index is 1670. The number of anilines is 1. The Morgan fingerprint density at radius 1 is 1.10 bits per heavy atom. The molecule has 0 N–H and O–H groups in total. The molecule has 0 aliphatic carbocycles. The van der Waals surface area contributed by atoms with Crippen LogP contribution in [0.5, 0.6) is 11.5 Å². The van der Waals surface area contributed by atoms with Crippen molar-refractivity contribution in [2.45, 2.75) is 33.7 Å². The summed E-state index contributed by atoms with van der Waals surface area (Å²) in [5, 5.41) is 11.5. The standard InChI is InChI=1S/C29H32N4O7S/c1-6-31(7-2)22-12-11-20(33(36)37)14-19(22)16-25-27(34)32-26(21(28(35)38-5)17-30-29(32)41-25)18-10-13-23(39-8-3)24(15-18)40-9-4/h10-17,26H,6-9H2,1-5H3/b25-16-/t26-/m1/s1. The van der Waals surface area contributed by atoms with Crippen molar-refractivity contribution in [2.75, 3.05) is 38.3 Å². The second kappa shape index (κ2) is 12.8. The van der Waals surface area contributed by atoms with Gasteiger partial charge >= 0.3 is 5.97 Å². The molecule has 1 aliphatic heterocycles. The number of aromatic nitrogens is 1. The van der Waals surface area contributed by atoms with E-state index in [1.807, 2.05) is 27.7 Å². The van der Waals surface area contributed by atoms with Gasteiger partial charge in [0.1, 0.15) is 0 Å². The van der Waals surface area contributed by atoms with Gasteiger partial charge in [-0.2, -0.15) is 0 Å². The summed E-state index contributed by atoms with van der Waals surface area (Å²) >= 11 is 1.14. The molecule has 0 fully saturated rings. The molecular weight excluding hydrogens is 548 g/mol. The van der Waals surface area contributed by atoms with E-state index in [9.17, 15) is 19.7 Å². The molecule has 216 valence electrons. The number of benzene rings is 2. The first-order valence-electron chi connectivity index (χ1n) is 13.3. The summed E-state index contributed by atoms with van der Waals surface area (Å²) in [6.07, 6.45) is 3.06. The number of hydrogen-bond acceptors (Lipinski definition) is 10. The Morgan fingerprint density at radius 3 is 2.44 bits per heavy atom. The van der Waals surface area contributed by atoms with Gasteiger partial charge in [0.25, 0.3) is 11.2 Å². The largest absolute Gasteiger partial charge is 0.490 e. The average Bonchev–Trinajstić information content (AvgIpc) is 3.29. The van der Waals surface area contributed by atoms with Crippen LogP contribution in [-0.4, -0.2) is 48.9 Å². The van der Waals surface area contributed by atoms with Crippen molar-refractivity contribution >= 4 is 34.8 Å². The molecule has 1 aliphatic rings. The number of carbonyl (C=O) groups is 1. The quantitative estimate of drug-likeness (QED) is 0.192. The van der Waals surface area contributed by atoms with Crippen LogP contribution in [0.1, 0.15) is 44.9 Å². The van der Waals surface area contributed by atoms with Gasteiger partial charge in [0.05, 0.1) is 41.4 Å². The third-order valence-corrected chi connectivity index (χ3v) is 7.62. The summed E-state index contributed by atoms with van der Waals surface area (Å²) in [6, 6.07) is 9.04. The topological polar surface area (TPSA) is 126 Å². The summed E-state index contributed by atoms with van der Waals surface area (Å²) in [5.41, 5.74) is 1.62. The van der Waals surface area contributed by atoms with Gasteiger partial charge in [0.2, 0.25) is 0 Å². The molecule has 41 heavy (non-hydrogen) atoms. The zero-order chi connectivity index (χ0) is 29.7. The number of carbonyl (C=O) groups excluding carboxylic acids is 1. The van der Waals surface area contributed by atoms with Crippen molar-refractivity contribution in [3.63, 3.8) is 0 Å². The summed E-state index contributed by atoms with van der Waals surface area (Å²) in [4.78, 5) is 44.7. The van der Waals surface area contributed by atoms with Crippen LogP contribution in [0.2, 0.25) is 0 Å². The minimum atomic E-state index is -0.844. The monoisotopic (exact) mass is 580 g/mol. The van der Waals surface area contributed by atoms with Gasteiger partial charge in [-0.05, 0) is 57.5 Å². The zero-order valence-electron chi connectivity index (χ0n) is 23.6. The minimum Gasteiger partial charge on any atom is -0.490 e. The maximum Gasteiger partial charge on any atom is 0.337 e. The molecule has 0 saturated heterocycles. The molecule has 1 aromatic heterocycles. The molecule has 4 rings (SSSR count). The fourth-order valence-corrected chi connectivity index (χ4v) is 5.71. The summed E-state index contributed by atoms with van der Waals surface area (Å²) in [6.45, 7) is 9.89. The number of rotatable bonds is 11. The second-order valence-electron chi connectivity index (χ2n) is 8.92. The normalized spacial score (nSPS) is 14.5. The maximum absolute atomic E-state index is 14.0. The number of nitro groups is 1. The van der Waals surface area contributed by atoms with E-state index >= 15 is 0 Å². The van der Waals surface area contributed by atoms with Crippen molar-refractivity contribution < 1.29 is 23.9 Å². The first kappa shape index (κ1) is 29.5. The van der Waals surface area contributed by atoms with Gasteiger partial charge < -0.3 is 19.1 Å². The van der Waals surface area contributed by atoms with E-state index in [2.05, 4.69) is 9.89 Å². The number of non-ortho nitro benzene ring substituents is 1. The number of nitro benzene ring substituents is 1. The molecule has 1 atom stereocenters. The lowest BCUT2D eigenvalue weighted by atomic mass is 9.97. The number of esters is 1. The molecule has 0 amide bonds. The molecule has 11 nitrogen and oxygen atoms in total. The number of hydrogen-bond donors (Lipinski definition) is 0. The van der Waals surface area contributed by atoms with E-state index in [1.54, 1.807) is 30.3 Å². The lowest BCUT2D eigenvalue weighted by molar-refractivity contribution is -0.384. The van der Waals surface area contributed by atoms with Gasteiger partial charge in [-0.15, -0.1) is 0 Å². The number of methoxy groups -OCH3 is 1.